The number of amides is 3. The molecule has 0 heterocycles. The van der Waals surface area contributed by atoms with E-state index in [0.717, 1.165) is 17.5 Å². The molecular weight excluding hydrogens is 356 g/mol. The molecule has 3 amide bonds. The van der Waals surface area contributed by atoms with Gasteiger partial charge in [-0.3, -0.25) is 14.4 Å². The molecular formula is C21H24N4O3. The average molecular weight is 380 g/mol. The van der Waals surface area contributed by atoms with Gasteiger partial charge in [-0.1, -0.05) is 31.2 Å². The lowest BCUT2D eigenvalue weighted by Crippen LogP contribution is -2.33. The summed E-state index contributed by atoms with van der Waals surface area (Å²) in [6.07, 6.45) is 0.883. The number of hydrogen-bond donors (Lipinski definition) is 3. The molecule has 0 atom stereocenters. The lowest BCUT2D eigenvalue weighted by atomic mass is 10.1. The highest BCUT2D eigenvalue weighted by molar-refractivity contribution is 6.39. The minimum atomic E-state index is -0.905. The van der Waals surface area contributed by atoms with Crippen molar-refractivity contribution in [3.05, 3.63) is 59.7 Å². The van der Waals surface area contributed by atoms with Gasteiger partial charge in [-0.05, 0) is 55.7 Å². The molecule has 0 fully saturated rings. The first kappa shape index (κ1) is 20.8. The van der Waals surface area contributed by atoms with Crippen molar-refractivity contribution >= 4 is 34.8 Å². The van der Waals surface area contributed by atoms with E-state index in [-0.39, 0.29) is 12.3 Å². The maximum Gasteiger partial charge on any atom is 0.329 e. The monoisotopic (exact) mass is 380 g/mol. The molecule has 0 saturated heterocycles. The van der Waals surface area contributed by atoms with Crippen LogP contribution in [0, 0.1) is 6.92 Å². The second kappa shape index (κ2) is 10.0. The van der Waals surface area contributed by atoms with Crippen LogP contribution >= 0.6 is 0 Å². The van der Waals surface area contributed by atoms with Crippen LogP contribution in [0.4, 0.5) is 11.4 Å². The van der Waals surface area contributed by atoms with E-state index in [1.54, 1.807) is 25.1 Å². The molecule has 0 aliphatic rings. The number of nitrogens with one attached hydrogen (secondary N) is 3. The number of hydrazone groups is 1. The number of carbonyl (C=O) groups is 3. The van der Waals surface area contributed by atoms with E-state index in [1.165, 1.54) is 0 Å². The lowest BCUT2D eigenvalue weighted by Gasteiger charge is -2.07. The van der Waals surface area contributed by atoms with Gasteiger partial charge < -0.3 is 10.6 Å². The Balaban J connectivity index is 1.82. The van der Waals surface area contributed by atoms with Crippen molar-refractivity contribution in [2.45, 2.75) is 33.6 Å². The maximum absolute atomic E-state index is 12.0. The van der Waals surface area contributed by atoms with Gasteiger partial charge in [0.15, 0.2) is 0 Å². The van der Waals surface area contributed by atoms with Gasteiger partial charge in [-0.25, -0.2) is 5.43 Å². The normalized spacial score (nSPS) is 10.9. The summed E-state index contributed by atoms with van der Waals surface area (Å²) in [4.78, 5) is 35.8. The van der Waals surface area contributed by atoms with Crippen LogP contribution in [0.2, 0.25) is 0 Å². The molecule has 3 N–H and O–H groups in total. The van der Waals surface area contributed by atoms with Crippen LogP contribution in [-0.2, 0) is 20.8 Å². The summed E-state index contributed by atoms with van der Waals surface area (Å²) in [5, 5.41) is 9.06. The van der Waals surface area contributed by atoms with Crippen molar-refractivity contribution in [3.63, 3.8) is 0 Å². The average Bonchev–Trinajstić information content (AvgIpc) is 2.66. The first-order valence-corrected chi connectivity index (χ1v) is 8.97. The number of anilines is 2. The van der Waals surface area contributed by atoms with E-state index >= 15 is 0 Å². The van der Waals surface area contributed by atoms with Crippen LogP contribution in [0.3, 0.4) is 0 Å². The Kier molecular flexibility index (Phi) is 7.45. The third kappa shape index (κ3) is 6.68. The highest BCUT2D eigenvalue weighted by atomic mass is 16.2. The standard InChI is InChI=1S/C21H24N4O3/c1-4-16-8-10-17(11-9-16)23-20(27)21(28)25-24-15(3)13-19(26)22-18-7-5-6-14(2)12-18/h5-12H,4,13H2,1-3H3,(H,22,26)(H,23,27)(H,25,28)/b24-15+. The first-order valence-electron chi connectivity index (χ1n) is 8.97. The van der Waals surface area contributed by atoms with Crippen molar-refractivity contribution in [2.24, 2.45) is 5.10 Å². The van der Waals surface area contributed by atoms with E-state index in [4.69, 9.17) is 0 Å². The zero-order chi connectivity index (χ0) is 20.5. The van der Waals surface area contributed by atoms with Crippen LogP contribution in [0.1, 0.15) is 31.4 Å². The Morgan fingerprint density at radius 1 is 0.929 bits per heavy atom. The minimum Gasteiger partial charge on any atom is -0.326 e. The summed E-state index contributed by atoms with van der Waals surface area (Å²) in [6, 6.07) is 14.6. The number of nitrogens with zero attached hydrogens (tertiary/aromatic N) is 1. The smallest absolute Gasteiger partial charge is 0.326 e. The predicted octanol–water partition coefficient (Wildman–Crippen LogP) is 3.02. The van der Waals surface area contributed by atoms with Crippen molar-refractivity contribution in [2.75, 3.05) is 10.6 Å². The van der Waals surface area contributed by atoms with Gasteiger partial charge in [0.2, 0.25) is 5.91 Å². The number of rotatable bonds is 6. The molecule has 7 nitrogen and oxygen atoms in total. The van der Waals surface area contributed by atoms with Crippen molar-refractivity contribution in [1.82, 2.24) is 5.43 Å². The SMILES string of the molecule is CCc1ccc(NC(=O)C(=O)N/N=C(\C)CC(=O)Nc2cccc(C)c2)cc1. The van der Waals surface area contributed by atoms with Crippen LogP contribution < -0.4 is 16.1 Å². The fraction of sp³-hybridized carbons (Fsp3) is 0.238. The molecule has 0 spiro atoms. The third-order valence-corrected chi connectivity index (χ3v) is 3.89. The summed E-state index contributed by atoms with van der Waals surface area (Å²) in [7, 11) is 0. The largest absolute Gasteiger partial charge is 0.329 e. The minimum absolute atomic E-state index is 0.00563. The van der Waals surface area contributed by atoms with Crippen molar-refractivity contribution < 1.29 is 14.4 Å². The molecule has 2 rings (SSSR count). The lowest BCUT2D eigenvalue weighted by molar-refractivity contribution is -0.136. The molecule has 0 aliphatic carbocycles. The van der Waals surface area contributed by atoms with Gasteiger partial charge in [0.25, 0.3) is 0 Å². The van der Waals surface area contributed by atoms with Gasteiger partial charge in [0, 0.05) is 17.1 Å². The fourth-order valence-electron chi connectivity index (χ4n) is 2.41. The molecule has 0 radical (unpaired) electrons. The van der Waals surface area contributed by atoms with E-state index in [1.807, 2.05) is 44.2 Å². The van der Waals surface area contributed by atoms with E-state index < -0.39 is 11.8 Å². The Morgan fingerprint density at radius 2 is 1.64 bits per heavy atom. The van der Waals surface area contributed by atoms with Crippen LogP contribution in [0.5, 0.6) is 0 Å². The number of benzene rings is 2. The fourth-order valence-corrected chi connectivity index (χ4v) is 2.41. The maximum atomic E-state index is 12.0. The number of hydrogen-bond acceptors (Lipinski definition) is 4. The van der Waals surface area contributed by atoms with Gasteiger partial charge >= 0.3 is 11.8 Å². The van der Waals surface area contributed by atoms with Crippen LogP contribution in [-0.4, -0.2) is 23.4 Å². The number of aryl methyl sites for hydroxylation is 2. The molecule has 0 aliphatic heterocycles. The molecule has 7 heteroatoms. The molecule has 0 aromatic heterocycles. The van der Waals surface area contributed by atoms with Crippen molar-refractivity contribution in [3.8, 4) is 0 Å². The highest BCUT2D eigenvalue weighted by Gasteiger charge is 2.13. The molecule has 0 saturated carbocycles. The van der Waals surface area contributed by atoms with Gasteiger partial charge in [-0.2, -0.15) is 5.10 Å². The Labute approximate surface area is 164 Å². The Bertz CT molecular complexity index is 889. The van der Waals surface area contributed by atoms with Crippen LogP contribution in [0.15, 0.2) is 53.6 Å². The molecule has 0 unspecified atom stereocenters. The summed E-state index contributed by atoms with van der Waals surface area (Å²) in [6.45, 7) is 5.56. The summed E-state index contributed by atoms with van der Waals surface area (Å²) < 4.78 is 0. The third-order valence-electron chi connectivity index (χ3n) is 3.89. The van der Waals surface area contributed by atoms with E-state index in [0.29, 0.717) is 17.1 Å². The molecule has 2 aromatic carbocycles. The van der Waals surface area contributed by atoms with Gasteiger partial charge in [0.05, 0.1) is 6.42 Å². The Morgan fingerprint density at radius 3 is 2.29 bits per heavy atom. The topological polar surface area (TPSA) is 99.7 Å². The van der Waals surface area contributed by atoms with Gasteiger partial charge in [0.1, 0.15) is 0 Å². The quantitative estimate of drug-likeness (QED) is 0.408. The summed E-state index contributed by atoms with van der Waals surface area (Å²) in [5.41, 5.74) is 5.91. The zero-order valence-corrected chi connectivity index (χ0v) is 16.2. The molecule has 146 valence electrons. The first-order chi connectivity index (χ1) is 13.4. The highest BCUT2D eigenvalue weighted by Crippen LogP contribution is 2.10. The van der Waals surface area contributed by atoms with Crippen LogP contribution in [0.25, 0.3) is 0 Å². The van der Waals surface area contributed by atoms with E-state index in [9.17, 15) is 14.4 Å². The second-order valence-electron chi connectivity index (χ2n) is 6.39. The zero-order valence-electron chi connectivity index (χ0n) is 16.2. The number of carbonyl (C=O) groups excluding carboxylic acids is 3. The molecule has 28 heavy (non-hydrogen) atoms. The summed E-state index contributed by atoms with van der Waals surface area (Å²) in [5.74, 6) is -2.00. The van der Waals surface area contributed by atoms with E-state index in [2.05, 4.69) is 21.2 Å². The van der Waals surface area contributed by atoms with Gasteiger partial charge in [-0.15, -0.1) is 0 Å². The second-order valence-corrected chi connectivity index (χ2v) is 6.39. The van der Waals surface area contributed by atoms with Crippen molar-refractivity contribution in [1.29, 1.82) is 0 Å². The predicted molar refractivity (Wildman–Crippen MR) is 110 cm³/mol. The molecule has 0 bridgehead atoms. The Hall–Kier alpha value is -3.48. The summed E-state index contributed by atoms with van der Waals surface area (Å²) >= 11 is 0. The molecule has 2 aromatic rings.